The molecule has 5 amide bonds. The number of ether oxygens (including phenoxy) is 4. The molecule has 92 heavy (non-hydrogen) atoms. The van der Waals surface area contributed by atoms with Gasteiger partial charge < -0.3 is 59.4 Å². The van der Waals surface area contributed by atoms with Gasteiger partial charge in [-0.2, -0.15) is 0 Å². The second kappa shape index (κ2) is 42.0. The molecule has 3 N–H and O–H groups in total. The van der Waals surface area contributed by atoms with Crippen LogP contribution < -0.4 is 84.4 Å². The maximum Gasteiger partial charge on any atom is 1.00 e. The van der Waals surface area contributed by atoms with Crippen LogP contribution in [0, 0.1) is 18.8 Å². The van der Waals surface area contributed by atoms with Crippen molar-refractivity contribution in [2.75, 3.05) is 95.9 Å². The van der Waals surface area contributed by atoms with Gasteiger partial charge >= 0.3 is 87.0 Å². The number of aromatic amines is 1. The Morgan fingerprint density at radius 1 is 0.935 bits per heavy atom. The van der Waals surface area contributed by atoms with E-state index in [-0.39, 0.29) is 144 Å². The van der Waals surface area contributed by atoms with Crippen molar-refractivity contribution < 1.29 is 117 Å². The van der Waals surface area contributed by atoms with E-state index in [4.69, 9.17) is 30.5 Å². The van der Waals surface area contributed by atoms with Crippen LogP contribution in [0.1, 0.15) is 118 Å². The zero-order valence-corrected chi connectivity index (χ0v) is 65.6. The summed E-state index contributed by atoms with van der Waals surface area (Å²) in [5.41, 5.74) is 0.113. The predicted molar refractivity (Wildman–Crippen MR) is 368 cm³/mol. The van der Waals surface area contributed by atoms with Crippen molar-refractivity contribution in [2.45, 2.75) is 137 Å². The molecule has 0 spiro atoms. The van der Waals surface area contributed by atoms with Crippen LogP contribution in [-0.4, -0.2) is 189 Å². The van der Waals surface area contributed by atoms with Crippen molar-refractivity contribution >= 4 is 127 Å². The number of carbonyl (C=O) groups excluding carboxylic acids is 6. The Hall–Kier alpha value is -4.62. The molecule has 0 radical (unpaired) electrons. The van der Waals surface area contributed by atoms with E-state index in [1.54, 1.807) is 58.6 Å². The van der Waals surface area contributed by atoms with E-state index in [9.17, 15) is 28.8 Å². The zero-order valence-electron chi connectivity index (χ0n) is 55.2. The molecule has 2 aliphatic heterocycles. The van der Waals surface area contributed by atoms with Crippen molar-refractivity contribution in [1.29, 1.82) is 0 Å². The molecule has 2 saturated heterocycles. The number of carbonyl (C=O) groups is 6. The Labute approximate surface area is 624 Å². The maximum atomic E-state index is 13.4. The SMILES string of the molecule is C=CN=C(C)C.CC(C)(C)OC(=O)NC1(C(=O)[N-]Cc2ccc(Cl)cc2)CCN(c2ncnc3[nH]ccc23)CC1.CCCCOC(=O)CSc1nc(C)nc2sc(C#CCNC(=O)CCOCCN(CC(=O)N3CCN(CC)CC3)C(=O)OC(C)(C)C)cc12.SS.[Cs+]. The number of hydrogen-bond acceptors (Lipinski definition) is 21. The fraction of sp³-hybridized carbons (Fsp3) is 0.540. The standard InChI is InChI=1S/C34H50N6O7S2.C24H29ClN6O3.C5H9N.Cs.H2S2/c1-7-9-19-46-30(43)24-48-31-27-22-26(49-32(27)37-25(3)36-31)11-10-13-35-28(41)12-20-45-21-18-40(33(44)47-34(4,5)6)23-29(42)39-16-14-38(8-2)15-17-39;1-23(2,3)34-22(33)30-24(21(32)27-14-16-4-6-17(25)7-5-16)9-12-31(13-10-24)20-18-8-11-26-19(18)28-15-29-20;1-4-6-5(2)3;;1-2/h22H,7-9,12-21,23-24H2,1-6H3,(H,35,41);4-8,11,15H,9-10,12-14H2,1-3H3,(H3,26,27,28,29,30,32,33);4H,1H2,2-3H3;;1-2H/q;;;+1;/p-1. The molecular weight excluding hydrogens is 1400 g/mol. The van der Waals surface area contributed by atoms with E-state index in [1.165, 1.54) is 40.5 Å². The number of halogens is 1. The van der Waals surface area contributed by atoms with Crippen LogP contribution in [0.3, 0.4) is 0 Å². The Balaban J connectivity index is 0.000000445. The second-order valence-corrected chi connectivity index (χ2v) is 25.5. The van der Waals surface area contributed by atoms with Gasteiger partial charge in [-0.1, -0.05) is 79.7 Å². The molecule has 23 nitrogen and oxygen atoms in total. The van der Waals surface area contributed by atoms with Gasteiger partial charge in [0.25, 0.3) is 0 Å². The van der Waals surface area contributed by atoms with Crippen molar-refractivity contribution in [1.82, 2.24) is 50.3 Å². The molecule has 1 aromatic carbocycles. The summed E-state index contributed by atoms with van der Waals surface area (Å²) in [4.78, 5) is 110. The number of piperazine rings is 1. The minimum absolute atomic E-state index is 0. The number of esters is 1. The van der Waals surface area contributed by atoms with Crippen LogP contribution in [-0.2, 0) is 44.7 Å². The number of aryl methyl sites for hydroxylation is 1. The molecule has 0 bridgehead atoms. The molecule has 6 heterocycles. The summed E-state index contributed by atoms with van der Waals surface area (Å²) in [6, 6.07) is 11.0. The number of alkyl carbamates (subject to hydrolysis) is 1. The fourth-order valence-corrected chi connectivity index (χ4v) is 10.8. The number of nitrogens with one attached hydrogen (secondary N) is 3. The van der Waals surface area contributed by atoms with Gasteiger partial charge in [-0.15, -0.1) is 41.2 Å². The molecular formula is C63H89ClCsN13O10S4. The number of fused-ring (bicyclic) bond motifs is 2. The topological polar surface area (TPSA) is 270 Å². The minimum Gasteiger partial charge on any atom is -0.648 e. The average Bonchev–Trinajstić information content (AvgIpc) is 1.27. The third kappa shape index (κ3) is 29.6. The van der Waals surface area contributed by atoms with E-state index in [2.05, 4.69) is 104 Å². The van der Waals surface area contributed by atoms with E-state index in [1.807, 2.05) is 58.2 Å². The third-order valence-corrected chi connectivity index (χ3v) is 15.5. The number of H-pyrrole nitrogens is 1. The van der Waals surface area contributed by atoms with Gasteiger partial charge in [0, 0.05) is 80.8 Å². The Bertz CT molecular complexity index is 3260. The second-order valence-electron chi connectivity index (χ2n) is 23.1. The van der Waals surface area contributed by atoms with Gasteiger partial charge in [-0.05, 0) is 112 Å². The van der Waals surface area contributed by atoms with Crippen LogP contribution in [0.25, 0.3) is 26.6 Å². The number of aromatic nitrogens is 5. The molecule has 7 rings (SSSR count). The number of anilines is 1. The van der Waals surface area contributed by atoms with Crippen LogP contribution in [0.2, 0.25) is 5.02 Å². The number of thiol groups is 2. The molecule has 2 fully saturated rings. The quantitative estimate of drug-likeness (QED) is 0.00512. The number of likely N-dealkylation sites (N-methyl/N-ethyl adjacent to an activating group) is 1. The Morgan fingerprint density at radius 2 is 1.62 bits per heavy atom. The number of amides is 5. The summed E-state index contributed by atoms with van der Waals surface area (Å²) < 4.78 is 21.9. The first-order valence-corrected chi connectivity index (χ1v) is 33.8. The number of thiophene rings is 1. The number of rotatable bonds is 22. The van der Waals surface area contributed by atoms with Gasteiger partial charge in [0.15, 0.2) is 0 Å². The first-order valence-electron chi connectivity index (χ1n) is 30.0. The average molecular weight is 1490 g/mol. The minimum atomic E-state index is -1.16. The summed E-state index contributed by atoms with van der Waals surface area (Å²) in [7, 11) is 0. The Kier molecular flexibility index (Phi) is 37.3. The first-order chi connectivity index (χ1) is 43.3. The maximum absolute atomic E-state index is 13.4. The Morgan fingerprint density at radius 3 is 2.24 bits per heavy atom. The summed E-state index contributed by atoms with van der Waals surface area (Å²) in [5, 5.41) is 13.0. The molecule has 2 aliphatic rings. The molecule has 29 heteroatoms. The zero-order chi connectivity index (χ0) is 67.2. The number of unbranched alkanes of at least 4 members (excludes halogenated alkanes) is 1. The number of benzene rings is 1. The molecule has 5 aromatic rings. The first kappa shape index (κ1) is 81.6. The molecule has 0 saturated carbocycles. The van der Waals surface area contributed by atoms with Gasteiger partial charge in [0.1, 0.15) is 51.2 Å². The smallest absolute Gasteiger partial charge is 0.648 e. The van der Waals surface area contributed by atoms with Gasteiger partial charge in [0.05, 0.1) is 53.8 Å². The van der Waals surface area contributed by atoms with Crippen LogP contribution >= 0.6 is 58.0 Å². The monoisotopic (exact) mass is 1480 g/mol. The number of aliphatic imine (C=N–C) groups is 1. The van der Waals surface area contributed by atoms with E-state index >= 15 is 0 Å². The van der Waals surface area contributed by atoms with E-state index in [0.717, 1.165) is 75.7 Å². The number of piperidine rings is 1. The summed E-state index contributed by atoms with van der Waals surface area (Å²) in [6.45, 7) is 29.9. The number of nitrogens with zero attached hydrogens (tertiary/aromatic N) is 10. The van der Waals surface area contributed by atoms with Crippen molar-refractivity contribution in [3.8, 4) is 11.8 Å². The molecule has 0 aliphatic carbocycles. The number of thioether (sulfide) groups is 1. The van der Waals surface area contributed by atoms with Crippen LogP contribution in [0.4, 0.5) is 15.4 Å². The van der Waals surface area contributed by atoms with Crippen LogP contribution in [0.5, 0.6) is 0 Å². The molecule has 0 atom stereocenters. The third-order valence-electron chi connectivity index (χ3n) is 13.3. The van der Waals surface area contributed by atoms with Crippen molar-refractivity contribution in [3.05, 3.63) is 88.3 Å². The van der Waals surface area contributed by atoms with Crippen molar-refractivity contribution in [3.63, 3.8) is 0 Å². The van der Waals surface area contributed by atoms with Gasteiger partial charge in [0.2, 0.25) is 11.8 Å². The van der Waals surface area contributed by atoms with E-state index in [0.29, 0.717) is 61.5 Å². The fourth-order valence-electron chi connectivity index (χ4n) is 8.80. The summed E-state index contributed by atoms with van der Waals surface area (Å²) >= 11 is 15.1. The normalized spacial score (nSPS) is 13.5. The van der Waals surface area contributed by atoms with Gasteiger partial charge in [-0.3, -0.25) is 24.3 Å². The largest absolute Gasteiger partial charge is 1.00 e. The summed E-state index contributed by atoms with van der Waals surface area (Å²) in [5.74, 6) is 6.61. The number of hydrogen-bond donors (Lipinski definition) is 5. The van der Waals surface area contributed by atoms with Crippen molar-refractivity contribution in [2.24, 2.45) is 4.99 Å². The summed E-state index contributed by atoms with van der Waals surface area (Å²) in [6.07, 6.45) is 6.31. The van der Waals surface area contributed by atoms with Crippen LogP contribution in [0.15, 0.2) is 71.7 Å². The molecule has 4 aromatic heterocycles. The molecule has 498 valence electrons. The van der Waals surface area contributed by atoms with E-state index < -0.39 is 28.9 Å². The molecule has 0 unspecified atom stereocenters. The predicted octanol–water partition coefficient (Wildman–Crippen LogP) is 7.66. The van der Waals surface area contributed by atoms with Gasteiger partial charge in [-0.25, -0.2) is 29.5 Å².